The molecule has 3 nitrogen and oxygen atoms in total. The van der Waals surface area contributed by atoms with Gasteiger partial charge in [-0.2, -0.15) is 0 Å². The van der Waals surface area contributed by atoms with E-state index >= 15 is 0 Å². The van der Waals surface area contributed by atoms with E-state index in [4.69, 9.17) is 17.0 Å². The molecule has 0 atom stereocenters. The van der Waals surface area contributed by atoms with Gasteiger partial charge >= 0.3 is 0 Å². The van der Waals surface area contributed by atoms with Crippen molar-refractivity contribution in [3.05, 3.63) is 52.8 Å². The molecule has 108 valence electrons. The fourth-order valence-corrected chi connectivity index (χ4v) is 2.83. The summed E-state index contributed by atoms with van der Waals surface area (Å²) in [7, 11) is 0. The summed E-state index contributed by atoms with van der Waals surface area (Å²) < 4.78 is 8.46. The second-order valence-corrected chi connectivity index (χ2v) is 5.78. The van der Waals surface area contributed by atoms with Crippen LogP contribution < -0.4 is 4.74 Å². The molecule has 0 fully saturated rings. The Bertz CT molecular complexity index is 828. The topological polar surface area (TPSA) is 29.9 Å². The normalized spacial score (nSPS) is 11.2. The quantitative estimate of drug-likeness (QED) is 0.705. The summed E-state index contributed by atoms with van der Waals surface area (Å²) in [5.74, 6) is 0.872. The number of nitrogens with zero attached hydrogens (tertiary/aromatic N) is 1. The summed E-state index contributed by atoms with van der Waals surface area (Å²) in [6.07, 6.45) is 0.174. The molecule has 0 saturated carbocycles. The molecule has 21 heavy (non-hydrogen) atoms. The second kappa shape index (κ2) is 5.37. The van der Waals surface area contributed by atoms with Gasteiger partial charge < -0.3 is 9.72 Å². The van der Waals surface area contributed by atoms with Crippen molar-refractivity contribution < 1.29 is 4.74 Å². The molecule has 4 heteroatoms. The van der Waals surface area contributed by atoms with Crippen LogP contribution in [0.4, 0.5) is 0 Å². The predicted molar refractivity (Wildman–Crippen MR) is 89.0 cm³/mol. The zero-order chi connectivity index (χ0) is 15.0. The van der Waals surface area contributed by atoms with Crippen molar-refractivity contribution in [3.63, 3.8) is 0 Å². The van der Waals surface area contributed by atoms with E-state index in [1.807, 2.05) is 50.2 Å². The van der Waals surface area contributed by atoms with E-state index in [2.05, 4.69) is 22.5 Å². The molecule has 0 aliphatic carbocycles. The zero-order valence-electron chi connectivity index (χ0n) is 12.4. The van der Waals surface area contributed by atoms with Gasteiger partial charge in [-0.1, -0.05) is 12.1 Å². The summed E-state index contributed by atoms with van der Waals surface area (Å²) >= 11 is 5.47. The van der Waals surface area contributed by atoms with Gasteiger partial charge in [0.2, 0.25) is 0 Å². The molecule has 0 bridgehead atoms. The van der Waals surface area contributed by atoms with Crippen molar-refractivity contribution in [3.8, 4) is 11.4 Å². The van der Waals surface area contributed by atoms with Crippen molar-refractivity contribution in [2.24, 2.45) is 0 Å². The Hall–Kier alpha value is -2.07. The van der Waals surface area contributed by atoms with E-state index < -0.39 is 0 Å². The number of aryl methyl sites for hydroxylation is 1. The molecule has 1 heterocycles. The minimum Gasteiger partial charge on any atom is -0.491 e. The fourth-order valence-electron chi connectivity index (χ4n) is 2.52. The van der Waals surface area contributed by atoms with Crippen molar-refractivity contribution in [2.75, 3.05) is 0 Å². The monoisotopic (exact) mass is 298 g/mol. The summed E-state index contributed by atoms with van der Waals surface area (Å²) in [4.78, 5) is 3.26. The molecule has 3 aromatic rings. The lowest BCUT2D eigenvalue weighted by molar-refractivity contribution is 0.242. The van der Waals surface area contributed by atoms with Gasteiger partial charge in [0, 0.05) is 5.69 Å². The zero-order valence-corrected chi connectivity index (χ0v) is 13.2. The van der Waals surface area contributed by atoms with Crippen molar-refractivity contribution in [2.45, 2.75) is 26.9 Å². The molecule has 2 aromatic carbocycles. The Balaban J connectivity index is 2.12. The lowest BCUT2D eigenvalue weighted by Crippen LogP contribution is -2.05. The largest absolute Gasteiger partial charge is 0.491 e. The number of benzene rings is 2. The first-order chi connectivity index (χ1) is 10.1. The summed E-state index contributed by atoms with van der Waals surface area (Å²) in [5.41, 5.74) is 4.42. The highest BCUT2D eigenvalue weighted by Gasteiger charge is 2.09. The average molecular weight is 298 g/mol. The van der Waals surface area contributed by atoms with Crippen molar-refractivity contribution >= 4 is 23.3 Å². The van der Waals surface area contributed by atoms with Gasteiger partial charge in [-0.15, -0.1) is 0 Å². The molecule has 0 aliphatic heterocycles. The van der Waals surface area contributed by atoms with Crippen LogP contribution in [0.5, 0.6) is 5.75 Å². The maximum absolute atomic E-state index is 5.68. The van der Waals surface area contributed by atoms with E-state index in [9.17, 15) is 0 Å². The SMILES string of the molecule is Cc1cccc2[nH]c(=S)n(-c3ccc(OC(C)C)cc3)c12. The highest BCUT2D eigenvalue weighted by Crippen LogP contribution is 2.24. The molecule has 1 N–H and O–H groups in total. The Labute approximate surface area is 129 Å². The van der Waals surface area contributed by atoms with Crippen LogP contribution in [0.1, 0.15) is 19.4 Å². The molecule has 0 spiro atoms. The predicted octanol–water partition coefficient (Wildman–Crippen LogP) is 4.78. The van der Waals surface area contributed by atoms with Crippen LogP contribution in [0, 0.1) is 11.7 Å². The van der Waals surface area contributed by atoms with E-state index in [0.29, 0.717) is 4.77 Å². The van der Waals surface area contributed by atoms with Crippen LogP contribution in [-0.2, 0) is 0 Å². The minimum atomic E-state index is 0.174. The molecule has 0 unspecified atom stereocenters. The van der Waals surface area contributed by atoms with Crippen LogP contribution in [0.2, 0.25) is 0 Å². The van der Waals surface area contributed by atoms with Crippen LogP contribution in [0.3, 0.4) is 0 Å². The first-order valence-electron chi connectivity index (χ1n) is 7.03. The van der Waals surface area contributed by atoms with E-state index in [-0.39, 0.29) is 6.10 Å². The number of imidazole rings is 1. The van der Waals surface area contributed by atoms with Gasteiger partial charge in [0.25, 0.3) is 0 Å². The number of aromatic nitrogens is 2. The summed E-state index contributed by atoms with van der Waals surface area (Å²) in [6, 6.07) is 14.2. The number of H-pyrrole nitrogens is 1. The maximum Gasteiger partial charge on any atom is 0.182 e. The van der Waals surface area contributed by atoms with Crippen LogP contribution in [0.15, 0.2) is 42.5 Å². The molecule has 3 rings (SSSR count). The smallest absolute Gasteiger partial charge is 0.182 e. The molecular formula is C17H18N2OS. The Kier molecular flexibility index (Phi) is 3.55. The second-order valence-electron chi connectivity index (χ2n) is 5.40. The summed E-state index contributed by atoms with van der Waals surface area (Å²) in [6.45, 7) is 6.14. The standard InChI is InChI=1S/C17H18N2OS/c1-11(2)20-14-9-7-13(8-10-14)19-16-12(3)5-4-6-15(16)18-17(19)21/h4-11H,1-3H3,(H,18,21). The number of fused-ring (bicyclic) bond motifs is 1. The summed E-state index contributed by atoms with van der Waals surface area (Å²) in [5, 5.41) is 0. The average Bonchev–Trinajstić information content (AvgIpc) is 2.77. The third-order valence-corrected chi connectivity index (χ3v) is 3.66. The molecule has 0 aliphatic rings. The van der Waals surface area contributed by atoms with Crippen molar-refractivity contribution in [1.82, 2.24) is 9.55 Å². The Morgan fingerprint density at radius 3 is 2.48 bits per heavy atom. The van der Waals surface area contributed by atoms with Crippen LogP contribution >= 0.6 is 12.2 Å². The maximum atomic E-state index is 5.68. The number of nitrogens with one attached hydrogen (secondary N) is 1. The minimum absolute atomic E-state index is 0.174. The lowest BCUT2D eigenvalue weighted by Gasteiger charge is -2.11. The fraction of sp³-hybridized carbons (Fsp3) is 0.235. The van der Waals surface area contributed by atoms with Gasteiger partial charge in [0.05, 0.1) is 17.1 Å². The molecule has 0 radical (unpaired) electrons. The van der Waals surface area contributed by atoms with Gasteiger partial charge in [0.1, 0.15) is 5.75 Å². The number of aromatic amines is 1. The van der Waals surface area contributed by atoms with E-state index in [1.54, 1.807) is 0 Å². The number of ether oxygens (including phenoxy) is 1. The highest BCUT2D eigenvalue weighted by molar-refractivity contribution is 7.71. The molecular weight excluding hydrogens is 280 g/mol. The molecule has 1 aromatic heterocycles. The number of hydrogen-bond acceptors (Lipinski definition) is 2. The third kappa shape index (κ3) is 2.59. The first kappa shape index (κ1) is 13.9. The number of hydrogen-bond donors (Lipinski definition) is 1. The van der Waals surface area contributed by atoms with Gasteiger partial charge in [-0.25, -0.2) is 0 Å². The lowest BCUT2D eigenvalue weighted by atomic mass is 10.2. The first-order valence-corrected chi connectivity index (χ1v) is 7.44. The Morgan fingerprint density at radius 2 is 1.81 bits per heavy atom. The van der Waals surface area contributed by atoms with Gasteiger partial charge in [-0.05, 0) is 68.9 Å². The third-order valence-electron chi connectivity index (χ3n) is 3.37. The van der Waals surface area contributed by atoms with E-state index in [1.165, 1.54) is 5.56 Å². The van der Waals surface area contributed by atoms with Gasteiger partial charge in [0.15, 0.2) is 4.77 Å². The van der Waals surface area contributed by atoms with Crippen LogP contribution in [-0.4, -0.2) is 15.7 Å². The highest BCUT2D eigenvalue weighted by atomic mass is 32.1. The van der Waals surface area contributed by atoms with E-state index in [0.717, 1.165) is 22.5 Å². The molecule has 0 amide bonds. The number of para-hydroxylation sites is 1. The van der Waals surface area contributed by atoms with Crippen LogP contribution in [0.25, 0.3) is 16.7 Å². The Morgan fingerprint density at radius 1 is 1.10 bits per heavy atom. The molecule has 0 saturated heterocycles. The number of rotatable bonds is 3. The van der Waals surface area contributed by atoms with Crippen molar-refractivity contribution in [1.29, 1.82) is 0 Å². The van der Waals surface area contributed by atoms with Gasteiger partial charge in [-0.3, -0.25) is 4.57 Å².